The molecule has 2 N–H and O–H groups in total. The quantitative estimate of drug-likeness (QED) is 0.789. The van der Waals surface area contributed by atoms with Gasteiger partial charge in [-0.1, -0.05) is 12.1 Å². The van der Waals surface area contributed by atoms with E-state index in [2.05, 4.69) is 29.7 Å². The van der Waals surface area contributed by atoms with Gasteiger partial charge in [0.15, 0.2) is 5.11 Å². The molecule has 4 heteroatoms. The summed E-state index contributed by atoms with van der Waals surface area (Å²) in [6.45, 7) is 4.71. The van der Waals surface area contributed by atoms with Gasteiger partial charge in [-0.15, -0.1) is 0 Å². The van der Waals surface area contributed by atoms with Crippen molar-refractivity contribution < 1.29 is 4.74 Å². The molecule has 1 aromatic carbocycles. The molecule has 0 radical (unpaired) electrons. The number of ether oxygens (including phenoxy) is 1. The summed E-state index contributed by atoms with van der Waals surface area (Å²) in [5.41, 5.74) is 2.21. The Balaban J connectivity index is 2.45. The fourth-order valence-corrected chi connectivity index (χ4v) is 1.72. The van der Waals surface area contributed by atoms with Gasteiger partial charge in [-0.3, -0.25) is 0 Å². The zero-order valence-electron chi connectivity index (χ0n) is 9.91. The highest BCUT2D eigenvalue weighted by Gasteiger charge is 2.03. The Morgan fingerprint density at radius 2 is 2.25 bits per heavy atom. The van der Waals surface area contributed by atoms with E-state index >= 15 is 0 Å². The van der Waals surface area contributed by atoms with Crippen LogP contribution in [0.5, 0.6) is 0 Å². The predicted octanol–water partition coefficient (Wildman–Crippen LogP) is 2.32. The van der Waals surface area contributed by atoms with Gasteiger partial charge in [0.05, 0.1) is 6.61 Å². The molecule has 0 spiro atoms. The molecule has 0 aliphatic rings. The molecule has 88 valence electrons. The van der Waals surface area contributed by atoms with Gasteiger partial charge >= 0.3 is 0 Å². The minimum absolute atomic E-state index is 0.204. The maximum atomic E-state index is 5.19. The summed E-state index contributed by atoms with van der Waals surface area (Å²) in [6.07, 6.45) is 0. The van der Waals surface area contributed by atoms with E-state index in [1.54, 1.807) is 7.11 Å². The molecule has 0 amide bonds. The van der Waals surface area contributed by atoms with Crippen LogP contribution >= 0.6 is 12.2 Å². The zero-order chi connectivity index (χ0) is 12.0. The number of benzene rings is 1. The van der Waals surface area contributed by atoms with Crippen LogP contribution in [-0.4, -0.2) is 24.9 Å². The molecule has 0 heterocycles. The Hall–Kier alpha value is -1.13. The smallest absolute Gasteiger partial charge is 0.171 e. The molecule has 0 saturated heterocycles. The van der Waals surface area contributed by atoms with Gasteiger partial charge < -0.3 is 15.4 Å². The highest BCUT2D eigenvalue weighted by atomic mass is 32.1. The summed E-state index contributed by atoms with van der Waals surface area (Å²) in [5.74, 6) is 0. The van der Waals surface area contributed by atoms with E-state index in [1.165, 1.54) is 5.56 Å². The van der Waals surface area contributed by atoms with E-state index in [0.29, 0.717) is 11.7 Å². The summed E-state index contributed by atoms with van der Waals surface area (Å²) < 4.78 is 5.02. The van der Waals surface area contributed by atoms with Crippen LogP contribution in [0.15, 0.2) is 24.3 Å². The highest BCUT2D eigenvalue weighted by molar-refractivity contribution is 7.80. The lowest BCUT2D eigenvalue weighted by Gasteiger charge is -2.16. The van der Waals surface area contributed by atoms with E-state index in [9.17, 15) is 0 Å². The second-order valence-corrected chi connectivity index (χ2v) is 4.23. The van der Waals surface area contributed by atoms with Crippen LogP contribution in [0.1, 0.15) is 12.5 Å². The summed E-state index contributed by atoms with van der Waals surface area (Å²) in [5, 5.41) is 6.90. The fraction of sp³-hybridized carbons (Fsp3) is 0.417. The van der Waals surface area contributed by atoms with E-state index in [1.807, 2.05) is 19.1 Å². The monoisotopic (exact) mass is 238 g/mol. The SMILES string of the molecule is COCC(C)NC(=S)Nc1cccc(C)c1. The number of aryl methyl sites for hydroxylation is 1. The molecule has 0 bridgehead atoms. The maximum Gasteiger partial charge on any atom is 0.171 e. The first-order valence-corrected chi connectivity index (χ1v) is 5.65. The zero-order valence-corrected chi connectivity index (χ0v) is 10.7. The lowest BCUT2D eigenvalue weighted by atomic mass is 10.2. The molecule has 0 aliphatic carbocycles. The van der Waals surface area contributed by atoms with Crippen LogP contribution in [0.3, 0.4) is 0 Å². The number of anilines is 1. The van der Waals surface area contributed by atoms with Crippen molar-refractivity contribution in [3.63, 3.8) is 0 Å². The number of rotatable bonds is 4. The van der Waals surface area contributed by atoms with Crippen molar-refractivity contribution in [1.29, 1.82) is 0 Å². The summed E-state index contributed by atoms with van der Waals surface area (Å²) in [4.78, 5) is 0. The third-order valence-corrected chi connectivity index (χ3v) is 2.29. The normalized spacial score (nSPS) is 11.9. The molecule has 3 nitrogen and oxygen atoms in total. The fourth-order valence-electron chi connectivity index (χ4n) is 1.41. The van der Waals surface area contributed by atoms with Crippen molar-refractivity contribution in [2.45, 2.75) is 19.9 Å². The molecule has 1 atom stereocenters. The van der Waals surface area contributed by atoms with Crippen molar-refractivity contribution in [3.05, 3.63) is 29.8 Å². The molecule has 1 unspecified atom stereocenters. The molecule has 0 aliphatic heterocycles. The van der Waals surface area contributed by atoms with Crippen molar-refractivity contribution in [2.75, 3.05) is 19.0 Å². The van der Waals surface area contributed by atoms with Crippen LogP contribution in [0.25, 0.3) is 0 Å². The van der Waals surface area contributed by atoms with Crippen LogP contribution < -0.4 is 10.6 Å². The van der Waals surface area contributed by atoms with Gasteiger partial charge in [0.25, 0.3) is 0 Å². The van der Waals surface area contributed by atoms with E-state index in [-0.39, 0.29) is 6.04 Å². The van der Waals surface area contributed by atoms with Crippen LogP contribution in [0.4, 0.5) is 5.69 Å². The number of nitrogens with one attached hydrogen (secondary N) is 2. The third kappa shape index (κ3) is 4.59. The average molecular weight is 238 g/mol. The highest BCUT2D eigenvalue weighted by Crippen LogP contribution is 2.09. The molecule has 0 aromatic heterocycles. The minimum atomic E-state index is 0.204. The average Bonchev–Trinajstić information content (AvgIpc) is 2.17. The molecule has 16 heavy (non-hydrogen) atoms. The first kappa shape index (κ1) is 12.9. The Morgan fingerprint density at radius 3 is 2.88 bits per heavy atom. The first-order valence-electron chi connectivity index (χ1n) is 5.25. The summed E-state index contributed by atoms with van der Waals surface area (Å²) in [7, 11) is 1.68. The number of hydrogen-bond donors (Lipinski definition) is 2. The van der Waals surface area contributed by atoms with Gasteiger partial charge in [0, 0.05) is 18.8 Å². The Morgan fingerprint density at radius 1 is 1.50 bits per heavy atom. The molecule has 0 saturated carbocycles. The third-order valence-electron chi connectivity index (χ3n) is 2.07. The van der Waals surface area contributed by atoms with Crippen molar-refractivity contribution >= 4 is 23.0 Å². The van der Waals surface area contributed by atoms with Crippen molar-refractivity contribution in [1.82, 2.24) is 5.32 Å². The lowest BCUT2D eigenvalue weighted by Crippen LogP contribution is -2.38. The van der Waals surface area contributed by atoms with Gasteiger partial charge in [-0.2, -0.15) is 0 Å². The maximum absolute atomic E-state index is 5.19. The van der Waals surface area contributed by atoms with Gasteiger partial charge in [-0.05, 0) is 43.8 Å². The Labute approximate surface area is 102 Å². The van der Waals surface area contributed by atoms with Crippen LogP contribution in [-0.2, 0) is 4.74 Å². The predicted molar refractivity (Wildman–Crippen MR) is 71.9 cm³/mol. The summed E-state index contributed by atoms with van der Waals surface area (Å²) >= 11 is 5.19. The Kier molecular flexibility index (Phi) is 5.22. The largest absolute Gasteiger partial charge is 0.383 e. The Bertz CT molecular complexity index is 355. The van der Waals surface area contributed by atoms with E-state index in [4.69, 9.17) is 17.0 Å². The van der Waals surface area contributed by atoms with Gasteiger partial charge in [0.2, 0.25) is 0 Å². The van der Waals surface area contributed by atoms with Crippen LogP contribution in [0.2, 0.25) is 0 Å². The van der Waals surface area contributed by atoms with Crippen molar-refractivity contribution in [2.24, 2.45) is 0 Å². The van der Waals surface area contributed by atoms with Crippen LogP contribution in [0, 0.1) is 6.92 Å². The number of thiocarbonyl (C=S) groups is 1. The summed E-state index contributed by atoms with van der Waals surface area (Å²) in [6, 6.07) is 8.29. The molecule has 0 fully saturated rings. The second kappa shape index (κ2) is 6.45. The first-order chi connectivity index (χ1) is 7.61. The second-order valence-electron chi connectivity index (χ2n) is 3.82. The van der Waals surface area contributed by atoms with E-state index < -0.39 is 0 Å². The topological polar surface area (TPSA) is 33.3 Å². The molecular weight excluding hydrogens is 220 g/mol. The van der Waals surface area contributed by atoms with E-state index in [0.717, 1.165) is 5.69 Å². The van der Waals surface area contributed by atoms with Crippen molar-refractivity contribution in [3.8, 4) is 0 Å². The van der Waals surface area contributed by atoms with Gasteiger partial charge in [0.1, 0.15) is 0 Å². The number of methoxy groups -OCH3 is 1. The molecule has 1 aromatic rings. The lowest BCUT2D eigenvalue weighted by molar-refractivity contribution is 0.179. The molecule has 1 rings (SSSR count). The van der Waals surface area contributed by atoms with Gasteiger partial charge in [-0.25, -0.2) is 0 Å². The standard InChI is InChI=1S/C12H18N2OS/c1-9-5-4-6-11(7-9)14-12(16)13-10(2)8-15-3/h4-7,10H,8H2,1-3H3,(H2,13,14,16). The minimum Gasteiger partial charge on any atom is -0.383 e. The number of hydrogen-bond acceptors (Lipinski definition) is 2. The molecular formula is C12H18N2OS.